The monoisotopic (exact) mass is 444 g/mol. The molecule has 0 aliphatic carbocycles. The summed E-state index contributed by atoms with van der Waals surface area (Å²) in [6, 6.07) is 2.46. The average molecular weight is 444 g/mol. The molecule has 1 aliphatic heterocycles. The van der Waals surface area contributed by atoms with Gasteiger partial charge in [0.2, 0.25) is 11.7 Å². The first kappa shape index (κ1) is 21.0. The van der Waals surface area contributed by atoms with Crippen LogP contribution in [0.1, 0.15) is 19.7 Å². The number of amides is 2. The number of rotatable bonds is 4. The predicted molar refractivity (Wildman–Crippen MR) is 101 cm³/mol. The van der Waals surface area contributed by atoms with Crippen LogP contribution in [0.5, 0.6) is 0 Å². The molecule has 3 N–H and O–H groups in total. The minimum absolute atomic E-state index is 0.0511. The molecule has 0 saturated heterocycles. The smallest absolute Gasteiger partial charge is 0.405 e. The van der Waals surface area contributed by atoms with Gasteiger partial charge in [0.1, 0.15) is 10.6 Å². The lowest BCUT2D eigenvalue weighted by molar-refractivity contribution is -0.123. The molecule has 1 atom stereocenters. The third-order valence-corrected chi connectivity index (χ3v) is 7.52. The van der Waals surface area contributed by atoms with E-state index in [1.807, 2.05) is 0 Å². The van der Waals surface area contributed by atoms with E-state index >= 15 is 0 Å². The zero-order valence-electron chi connectivity index (χ0n) is 15.6. The van der Waals surface area contributed by atoms with E-state index in [1.54, 1.807) is 0 Å². The first-order valence-electron chi connectivity index (χ1n) is 8.17. The number of fused-ring (bicyclic) bond motifs is 1. The Morgan fingerprint density at radius 3 is 2.76 bits per heavy atom. The van der Waals surface area contributed by atoms with Crippen LogP contribution in [-0.4, -0.2) is 48.7 Å². The Bertz CT molecular complexity index is 1100. The highest BCUT2D eigenvalue weighted by atomic mass is 32.2. The van der Waals surface area contributed by atoms with Crippen molar-refractivity contribution in [2.45, 2.75) is 29.6 Å². The van der Waals surface area contributed by atoms with Crippen molar-refractivity contribution in [2.75, 3.05) is 17.3 Å². The molecule has 10 nitrogen and oxygen atoms in total. The maximum atomic E-state index is 14.7. The molecule has 3 rings (SSSR count). The van der Waals surface area contributed by atoms with Crippen molar-refractivity contribution >= 4 is 39.3 Å². The van der Waals surface area contributed by atoms with Gasteiger partial charge in [-0.3, -0.25) is 4.79 Å². The van der Waals surface area contributed by atoms with Crippen molar-refractivity contribution in [2.24, 2.45) is 5.73 Å². The molecular formula is C16H17FN4O6S2. The maximum absolute atomic E-state index is 14.7. The van der Waals surface area contributed by atoms with Gasteiger partial charge in [0.15, 0.2) is 15.9 Å². The number of carbonyl (C=O) groups excluding carboxylic acids is 2. The number of primary amides is 1. The summed E-state index contributed by atoms with van der Waals surface area (Å²) >= 11 is 1.09. The number of nitrogens with one attached hydrogen (secondary N) is 1. The van der Waals surface area contributed by atoms with Crippen molar-refractivity contribution in [3.8, 4) is 11.4 Å². The summed E-state index contributed by atoms with van der Waals surface area (Å²) in [7, 11) is -3.58. The van der Waals surface area contributed by atoms with Gasteiger partial charge in [-0.15, -0.1) is 11.8 Å². The van der Waals surface area contributed by atoms with E-state index < -0.39 is 38.5 Å². The molecular weight excluding hydrogens is 427 g/mol. The first-order valence-corrected chi connectivity index (χ1v) is 11.1. The van der Waals surface area contributed by atoms with E-state index in [4.69, 9.17) is 15.0 Å². The summed E-state index contributed by atoms with van der Waals surface area (Å²) in [6.45, 7) is 2.78. The molecule has 156 valence electrons. The Morgan fingerprint density at radius 1 is 1.45 bits per heavy atom. The van der Waals surface area contributed by atoms with Gasteiger partial charge >= 0.3 is 6.09 Å². The van der Waals surface area contributed by atoms with Gasteiger partial charge in [-0.1, -0.05) is 5.16 Å². The number of nitrogens with zero attached hydrogens (tertiary/aromatic N) is 2. The highest BCUT2D eigenvalue weighted by Gasteiger charge is 2.38. The largest absolute Gasteiger partial charge is 0.435 e. The minimum Gasteiger partial charge on any atom is -0.435 e. The van der Waals surface area contributed by atoms with Gasteiger partial charge in [-0.05, 0) is 26.0 Å². The zero-order chi connectivity index (χ0) is 21.6. The highest BCUT2D eigenvalue weighted by molar-refractivity contribution is 7.99. The van der Waals surface area contributed by atoms with Crippen LogP contribution in [0.2, 0.25) is 0 Å². The molecule has 0 saturated carbocycles. The van der Waals surface area contributed by atoms with Gasteiger partial charge in [-0.2, -0.15) is 4.98 Å². The van der Waals surface area contributed by atoms with Crippen LogP contribution in [0.15, 0.2) is 21.6 Å². The molecule has 29 heavy (non-hydrogen) atoms. The number of sulfone groups is 1. The van der Waals surface area contributed by atoms with Gasteiger partial charge < -0.3 is 20.3 Å². The molecule has 0 spiro atoms. The number of halogens is 1. The van der Waals surface area contributed by atoms with Crippen molar-refractivity contribution < 1.29 is 31.7 Å². The number of anilines is 1. The number of carbonyl (C=O) groups is 2. The third-order valence-electron chi connectivity index (χ3n) is 4.38. The SMILES string of the molecule is CC(C)(c1nc(-c2cc3c(cc2F)SC[C@H](OC(N)=O)C(=O)N3)no1)S(C)(=O)=O. The second kappa shape index (κ2) is 7.30. The molecule has 1 aromatic heterocycles. The molecule has 0 fully saturated rings. The van der Waals surface area contributed by atoms with Crippen LogP contribution in [0, 0.1) is 5.82 Å². The topological polar surface area (TPSA) is 154 Å². The molecule has 2 heterocycles. The second-order valence-corrected chi connectivity index (χ2v) is 10.4. The van der Waals surface area contributed by atoms with Gasteiger partial charge in [0.25, 0.3) is 5.91 Å². The summed E-state index contributed by atoms with van der Waals surface area (Å²) in [5, 5.41) is 6.21. The molecule has 1 aliphatic rings. The molecule has 2 aromatic rings. The summed E-state index contributed by atoms with van der Waals surface area (Å²) in [4.78, 5) is 27.6. The number of hydrogen-bond acceptors (Lipinski definition) is 9. The molecule has 13 heteroatoms. The number of benzene rings is 1. The molecule has 2 amide bonds. The molecule has 0 radical (unpaired) electrons. The van der Waals surface area contributed by atoms with E-state index in [1.165, 1.54) is 26.0 Å². The first-order chi connectivity index (χ1) is 13.4. The Kier molecular flexibility index (Phi) is 5.30. The lowest BCUT2D eigenvalue weighted by Crippen LogP contribution is -2.35. The average Bonchev–Trinajstić information content (AvgIpc) is 3.04. The number of thioether (sulfide) groups is 1. The minimum atomic E-state index is -3.58. The Morgan fingerprint density at radius 2 is 2.14 bits per heavy atom. The fraction of sp³-hybridized carbons (Fsp3) is 0.375. The Balaban J connectivity index is 1.97. The summed E-state index contributed by atoms with van der Waals surface area (Å²) in [6.07, 6.45) is -1.21. The predicted octanol–water partition coefficient (Wildman–Crippen LogP) is 1.66. The maximum Gasteiger partial charge on any atom is 0.405 e. The normalized spacial score (nSPS) is 17.2. The van der Waals surface area contributed by atoms with Crippen molar-refractivity contribution in [1.82, 2.24) is 10.1 Å². The summed E-state index contributed by atoms with van der Waals surface area (Å²) < 4.78 is 46.9. The van der Waals surface area contributed by atoms with Crippen LogP contribution < -0.4 is 11.1 Å². The van der Waals surface area contributed by atoms with Crippen molar-refractivity contribution in [3.05, 3.63) is 23.8 Å². The third kappa shape index (κ3) is 4.05. The zero-order valence-corrected chi connectivity index (χ0v) is 17.2. The van der Waals surface area contributed by atoms with Gasteiger partial charge in [0.05, 0.1) is 11.3 Å². The standard InChI is InChI=1S/C16H17FN4O6S2/c1-16(2,29(3,24)25)14-20-12(21-27-14)7-4-9-11(5-8(7)17)28-6-10(13(22)19-9)26-15(18)23/h4-5,10H,6H2,1-3H3,(H2,18,23)(H,19,22)/t10-/m0/s1. The molecule has 1 aromatic carbocycles. The number of ether oxygens (including phenoxy) is 1. The van der Waals surface area contributed by atoms with Crippen LogP contribution in [-0.2, 0) is 24.1 Å². The number of nitrogens with two attached hydrogens (primary N) is 1. The quantitative estimate of drug-likeness (QED) is 0.716. The molecule has 0 bridgehead atoms. The van der Waals surface area contributed by atoms with E-state index in [-0.39, 0.29) is 28.7 Å². The lowest BCUT2D eigenvalue weighted by Gasteiger charge is -2.16. The van der Waals surface area contributed by atoms with E-state index in [0.29, 0.717) is 4.90 Å². The van der Waals surface area contributed by atoms with Crippen LogP contribution in [0.3, 0.4) is 0 Å². The summed E-state index contributed by atoms with van der Waals surface area (Å²) in [5.41, 5.74) is 5.11. The van der Waals surface area contributed by atoms with Crippen LogP contribution in [0.25, 0.3) is 11.4 Å². The van der Waals surface area contributed by atoms with Crippen LogP contribution >= 0.6 is 11.8 Å². The summed E-state index contributed by atoms with van der Waals surface area (Å²) in [5.74, 6) is -1.65. The van der Waals surface area contributed by atoms with Crippen molar-refractivity contribution in [3.63, 3.8) is 0 Å². The number of aromatic nitrogens is 2. The van der Waals surface area contributed by atoms with Gasteiger partial charge in [0, 0.05) is 16.9 Å². The fourth-order valence-corrected chi connectivity index (χ4v) is 3.76. The number of hydrogen-bond donors (Lipinski definition) is 2. The van der Waals surface area contributed by atoms with Gasteiger partial charge in [-0.25, -0.2) is 17.6 Å². The Hall–Kier alpha value is -2.67. The highest BCUT2D eigenvalue weighted by Crippen LogP contribution is 2.37. The Labute approximate surface area is 169 Å². The second-order valence-electron chi connectivity index (χ2n) is 6.76. The van der Waals surface area contributed by atoms with Crippen LogP contribution in [0.4, 0.5) is 14.9 Å². The fourth-order valence-electron chi connectivity index (χ4n) is 2.36. The van der Waals surface area contributed by atoms with E-state index in [0.717, 1.165) is 18.0 Å². The van der Waals surface area contributed by atoms with E-state index in [2.05, 4.69) is 15.5 Å². The van der Waals surface area contributed by atoms with E-state index in [9.17, 15) is 22.4 Å². The van der Waals surface area contributed by atoms with Crippen molar-refractivity contribution in [1.29, 1.82) is 0 Å². The molecule has 0 unspecified atom stereocenters. The lowest BCUT2D eigenvalue weighted by atomic mass is 10.1.